The molecule has 0 radical (unpaired) electrons. The first-order valence-corrected chi connectivity index (χ1v) is 5.87. The molecule has 2 aromatic carbocycles. The minimum absolute atomic E-state index is 0.106. The third-order valence-electron chi connectivity index (χ3n) is 2.48. The number of hydrogen-bond acceptors (Lipinski definition) is 1. The SMILES string of the molecule is O=C(/C=C/c1cccc(F)c1)c1ccc(F)c(Cl)c1. The molecule has 0 fully saturated rings. The monoisotopic (exact) mass is 278 g/mol. The number of rotatable bonds is 3. The van der Waals surface area contributed by atoms with E-state index in [1.165, 1.54) is 36.4 Å². The van der Waals surface area contributed by atoms with E-state index in [0.717, 1.165) is 6.07 Å². The second kappa shape index (κ2) is 5.76. The van der Waals surface area contributed by atoms with Gasteiger partial charge in [0.05, 0.1) is 5.02 Å². The lowest BCUT2D eigenvalue weighted by Crippen LogP contribution is -1.94. The van der Waals surface area contributed by atoms with Crippen LogP contribution in [-0.4, -0.2) is 5.78 Å². The molecular formula is C15H9ClF2O. The molecule has 0 aromatic heterocycles. The molecule has 96 valence electrons. The number of allylic oxidation sites excluding steroid dienone is 1. The first-order valence-electron chi connectivity index (χ1n) is 5.49. The van der Waals surface area contributed by atoms with E-state index < -0.39 is 5.82 Å². The van der Waals surface area contributed by atoms with Gasteiger partial charge in [-0.25, -0.2) is 8.78 Å². The van der Waals surface area contributed by atoms with Gasteiger partial charge in [-0.3, -0.25) is 4.79 Å². The zero-order valence-electron chi connectivity index (χ0n) is 9.74. The van der Waals surface area contributed by atoms with Gasteiger partial charge in [0, 0.05) is 5.56 Å². The van der Waals surface area contributed by atoms with Crippen LogP contribution in [0.25, 0.3) is 6.08 Å². The standard InChI is InChI=1S/C15H9ClF2O/c16-13-9-11(5-6-14(13)18)15(19)7-4-10-2-1-3-12(17)8-10/h1-9H/b7-4+. The Kier molecular flexibility index (Phi) is 4.07. The summed E-state index contributed by atoms with van der Waals surface area (Å²) in [5.74, 6) is -1.28. The lowest BCUT2D eigenvalue weighted by Gasteiger charge is -1.98. The molecule has 0 unspecified atom stereocenters. The number of hydrogen-bond donors (Lipinski definition) is 0. The summed E-state index contributed by atoms with van der Waals surface area (Å²) in [5, 5.41) is -0.106. The molecule has 0 spiro atoms. The highest BCUT2D eigenvalue weighted by molar-refractivity contribution is 6.31. The van der Waals surface area contributed by atoms with Gasteiger partial charge in [-0.1, -0.05) is 29.8 Å². The fraction of sp³-hybridized carbons (Fsp3) is 0. The fourth-order valence-electron chi connectivity index (χ4n) is 1.53. The minimum Gasteiger partial charge on any atom is -0.289 e. The summed E-state index contributed by atoms with van der Waals surface area (Å²) < 4.78 is 25.9. The predicted octanol–water partition coefficient (Wildman–Crippen LogP) is 4.51. The highest BCUT2D eigenvalue weighted by Gasteiger charge is 2.05. The number of halogens is 3. The fourth-order valence-corrected chi connectivity index (χ4v) is 1.71. The van der Waals surface area contributed by atoms with Crippen LogP contribution in [0.1, 0.15) is 15.9 Å². The molecule has 0 saturated heterocycles. The summed E-state index contributed by atoms with van der Waals surface area (Å²) in [6.07, 6.45) is 2.78. The Bertz CT molecular complexity index is 650. The molecule has 0 bridgehead atoms. The molecule has 0 N–H and O–H groups in total. The van der Waals surface area contributed by atoms with Crippen LogP contribution >= 0.6 is 11.6 Å². The quantitative estimate of drug-likeness (QED) is 0.596. The molecule has 0 saturated carbocycles. The molecule has 0 aliphatic heterocycles. The van der Waals surface area contributed by atoms with Crippen LogP contribution in [-0.2, 0) is 0 Å². The number of benzene rings is 2. The third kappa shape index (κ3) is 3.48. The molecular weight excluding hydrogens is 270 g/mol. The summed E-state index contributed by atoms with van der Waals surface area (Å²) in [4.78, 5) is 11.8. The van der Waals surface area contributed by atoms with E-state index in [1.807, 2.05) is 0 Å². The Balaban J connectivity index is 2.19. The zero-order valence-corrected chi connectivity index (χ0v) is 10.5. The highest BCUT2D eigenvalue weighted by Crippen LogP contribution is 2.17. The molecule has 19 heavy (non-hydrogen) atoms. The van der Waals surface area contributed by atoms with Gasteiger partial charge in [0.1, 0.15) is 11.6 Å². The van der Waals surface area contributed by atoms with Crippen LogP contribution in [0.3, 0.4) is 0 Å². The number of carbonyl (C=O) groups is 1. The summed E-state index contributed by atoms with van der Waals surface area (Å²) in [5.41, 5.74) is 0.848. The van der Waals surface area contributed by atoms with Gasteiger partial charge >= 0.3 is 0 Å². The average molecular weight is 279 g/mol. The van der Waals surface area contributed by atoms with Crippen LogP contribution in [0.5, 0.6) is 0 Å². The van der Waals surface area contributed by atoms with E-state index >= 15 is 0 Å². The second-order valence-electron chi connectivity index (χ2n) is 3.88. The zero-order chi connectivity index (χ0) is 13.8. The lowest BCUT2D eigenvalue weighted by atomic mass is 10.1. The normalized spacial score (nSPS) is 10.9. The van der Waals surface area contributed by atoms with E-state index in [2.05, 4.69) is 0 Å². The van der Waals surface area contributed by atoms with E-state index in [-0.39, 0.29) is 22.2 Å². The molecule has 2 rings (SSSR count). The maximum atomic E-state index is 13.0. The predicted molar refractivity (Wildman–Crippen MR) is 71.2 cm³/mol. The van der Waals surface area contributed by atoms with Crippen molar-refractivity contribution in [3.8, 4) is 0 Å². The Morgan fingerprint density at radius 3 is 2.58 bits per heavy atom. The van der Waals surface area contributed by atoms with E-state index in [9.17, 15) is 13.6 Å². The maximum Gasteiger partial charge on any atom is 0.185 e. The molecule has 0 heterocycles. The van der Waals surface area contributed by atoms with Gasteiger partial charge in [-0.05, 0) is 42.0 Å². The van der Waals surface area contributed by atoms with Crippen LogP contribution in [0.4, 0.5) is 8.78 Å². The van der Waals surface area contributed by atoms with Crippen molar-refractivity contribution in [3.05, 3.63) is 76.3 Å². The van der Waals surface area contributed by atoms with Crippen molar-refractivity contribution in [1.82, 2.24) is 0 Å². The number of carbonyl (C=O) groups excluding carboxylic acids is 1. The maximum absolute atomic E-state index is 13.0. The second-order valence-corrected chi connectivity index (χ2v) is 4.29. The van der Waals surface area contributed by atoms with Crippen molar-refractivity contribution in [3.63, 3.8) is 0 Å². The largest absolute Gasteiger partial charge is 0.289 e. The molecule has 0 aliphatic rings. The van der Waals surface area contributed by atoms with Gasteiger partial charge in [0.25, 0.3) is 0 Å². The summed E-state index contributed by atoms with van der Waals surface area (Å²) in [6, 6.07) is 9.58. The summed E-state index contributed by atoms with van der Waals surface area (Å²) in [6.45, 7) is 0. The molecule has 0 atom stereocenters. The summed E-state index contributed by atoms with van der Waals surface area (Å²) >= 11 is 5.59. The van der Waals surface area contributed by atoms with E-state index in [0.29, 0.717) is 5.56 Å². The van der Waals surface area contributed by atoms with Crippen LogP contribution in [0.15, 0.2) is 48.5 Å². The van der Waals surface area contributed by atoms with E-state index in [1.54, 1.807) is 12.1 Å². The van der Waals surface area contributed by atoms with Crippen LogP contribution < -0.4 is 0 Å². The first-order chi connectivity index (χ1) is 9.06. The van der Waals surface area contributed by atoms with Crippen LogP contribution in [0.2, 0.25) is 5.02 Å². The molecule has 0 amide bonds. The molecule has 0 aliphatic carbocycles. The Morgan fingerprint density at radius 1 is 1.11 bits per heavy atom. The first kappa shape index (κ1) is 13.4. The lowest BCUT2D eigenvalue weighted by molar-refractivity contribution is 0.104. The van der Waals surface area contributed by atoms with Gasteiger partial charge in [0.15, 0.2) is 5.78 Å². The Labute approximate surface area is 114 Å². The van der Waals surface area contributed by atoms with Gasteiger partial charge in [0.2, 0.25) is 0 Å². The average Bonchev–Trinajstić information content (AvgIpc) is 2.39. The van der Waals surface area contributed by atoms with Crippen LogP contribution in [0, 0.1) is 11.6 Å². The van der Waals surface area contributed by atoms with Crippen molar-refractivity contribution >= 4 is 23.5 Å². The molecule has 4 heteroatoms. The molecule has 1 nitrogen and oxygen atoms in total. The number of ketones is 1. The Morgan fingerprint density at radius 2 is 1.89 bits per heavy atom. The van der Waals surface area contributed by atoms with Crippen molar-refractivity contribution in [2.24, 2.45) is 0 Å². The van der Waals surface area contributed by atoms with E-state index in [4.69, 9.17) is 11.6 Å². The highest BCUT2D eigenvalue weighted by atomic mass is 35.5. The Hall–Kier alpha value is -2.00. The summed E-state index contributed by atoms with van der Waals surface area (Å²) in [7, 11) is 0. The topological polar surface area (TPSA) is 17.1 Å². The van der Waals surface area contributed by atoms with Gasteiger partial charge < -0.3 is 0 Å². The molecule has 2 aromatic rings. The third-order valence-corrected chi connectivity index (χ3v) is 2.77. The van der Waals surface area contributed by atoms with Crippen molar-refractivity contribution in [2.45, 2.75) is 0 Å². The smallest absolute Gasteiger partial charge is 0.185 e. The van der Waals surface area contributed by atoms with Gasteiger partial charge in [-0.2, -0.15) is 0 Å². The van der Waals surface area contributed by atoms with Crippen molar-refractivity contribution in [2.75, 3.05) is 0 Å². The minimum atomic E-state index is -0.577. The van der Waals surface area contributed by atoms with Crippen molar-refractivity contribution < 1.29 is 13.6 Å². The van der Waals surface area contributed by atoms with Crippen molar-refractivity contribution in [1.29, 1.82) is 0 Å². The van der Waals surface area contributed by atoms with Gasteiger partial charge in [-0.15, -0.1) is 0 Å².